The smallest absolute Gasteiger partial charge is 0.247 e. The molecule has 0 bridgehead atoms. The van der Waals surface area contributed by atoms with Crippen molar-refractivity contribution in [2.45, 2.75) is 18.9 Å². The lowest BCUT2D eigenvalue weighted by molar-refractivity contribution is -0.898. The molecule has 1 aliphatic heterocycles. The molecule has 13 heavy (non-hydrogen) atoms. The third kappa shape index (κ3) is 1.65. The van der Waals surface area contributed by atoms with Crippen LogP contribution in [0.5, 0.6) is 0 Å². The Kier molecular flexibility index (Phi) is 2.19. The van der Waals surface area contributed by atoms with E-state index in [1.807, 2.05) is 12.3 Å². The molecule has 1 fully saturated rings. The Hall–Kier alpha value is -1.09. The topological polar surface area (TPSA) is 37.3 Å². The van der Waals surface area contributed by atoms with Crippen LogP contribution in [0.15, 0.2) is 23.1 Å². The van der Waals surface area contributed by atoms with Gasteiger partial charge in [0.2, 0.25) is 5.56 Å². The Labute approximate surface area is 77.4 Å². The highest BCUT2D eigenvalue weighted by Crippen LogP contribution is 2.16. The van der Waals surface area contributed by atoms with E-state index in [0.29, 0.717) is 6.04 Å². The summed E-state index contributed by atoms with van der Waals surface area (Å²) in [5.74, 6) is 0. The lowest BCUT2D eigenvalue weighted by atomic mass is 10.1. The summed E-state index contributed by atoms with van der Waals surface area (Å²) in [4.78, 5) is 15.1. The van der Waals surface area contributed by atoms with Gasteiger partial charge < -0.3 is 9.88 Å². The number of aromatic amines is 1. The average molecular weight is 179 g/mol. The maximum absolute atomic E-state index is 10.9. The summed E-state index contributed by atoms with van der Waals surface area (Å²) in [5, 5.41) is 0. The first-order chi connectivity index (χ1) is 6.27. The van der Waals surface area contributed by atoms with E-state index in [0.717, 1.165) is 0 Å². The van der Waals surface area contributed by atoms with E-state index in [2.05, 4.69) is 12.0 Å². The highest BCUT2D eigenvalue weighted by Gasteiger charge is 2.26. The number of quaternary nitrogens is 1. The second-order valence-electron chi connectivity index (χ2n) is 3.78. The number of hydrogen-bond acceptors (Lipinski definition) is 1. The first-order valence-electron chi connectivity index (χ1n) is 4.78. The summed E-state index contributed by atoms with van der Waals surface area (Å²) in [7, 11) is 2.21. The molecule has 1 saturated heterocycles. The van der Waals surface area contributed by atoms with Crippen molar-refractivity contribution in [3.05, 3.63) is 34.2 Å². The maximum atomic E-state index is 10.9. The van der Waals surface area contributed by atoms with Crippen LogP contribution in [0.3, 0.4) is 0 Å². The van der Waals surface area contributed by atoms with Crippen LogP contribution >= 0.6 is 0 Å². The first kappa shape index (κ1) is 8.51. The predicted molar refractivity (Wildman–Crippen MR) is 50.8 cm³/mol. The van der Waals surface area contributed by atoms with Crippen LogP contribution in [-0.2, 0) is 0 Å². The molecule has 1 aromatic heterocycles. The number of aromatic nitrogens is 1. The molecule has 2 N–H and O–H groups in total. The number of hydrogen-bond donors (Lipinski definition) is 2. The zero-order chi connectivity index (χ0) is 9.26. The van der Waals surface area contributed by atoms with Crippen LogP contribution in [0.1, 0.15) is 24.4 Å². The SMILES string of the molecule is C[NH+]1CCC[C@H]1c1ccc(=O)[nH]c1. The van der Waals surface area contributed by atoms with Crippen molar-refractivity contribution in [2.24, 2.45) is 0 Å². The summed E-state index contributed by atoms with van der Waals surface area (Å²) < 4.78 is 0. The van der Waals surface area contributed by atoms with Crippen molar-refractivity contribution in [3.63, 3.8) is 0 Å². The van der Waals surface area contributed by atoms with Crippen molar-refractivity contribution in [2.75, 3.05) is 13.6 Å². The lowest BCUT2D eigenvalue weighted by Crippen LogP contribution is -3.07. The molecule has 1 aliphatic rings. The van der Waals surface area contributed by atoms with E-state index in [9.17, 15) is 4.79 Å². The zero-order valence-corrected chi connectivity index (χ0v) is 7.84. The van der Waals surface area contributed by atoms with Gasteiger partial charge in [-0.25, -0.2) is 0 Å². The molecule has 0 amide bonds. The van der Waals surface area contributed by atoms with E-state index < -0.39 is 0 Å². The lowest BCUT2D eigenvalue weighted by Gasteiger charge is -2.15. The molecule has 2 atom stereocenters. The van der Waals surface area contributed by atoms with Crippen molar-refractivity contribution in [1.82, 2.24) is 4.98 Å². The Morgan fingerprint density at radius 3 is 2.92 bits per heavy atom. The molecule has 0 saturated carbocycles. The van der Waals surface area contributed by atoms with E-state index in [1.54, 1.807) is 11.0 Å². The van der Waals surface area contributed by atoms with E-state index in [1.165, 1.54) is 24.9 Å². The van der Waals surface area contributed by atoms with Crippen molar-refractivity contribution < 1.29 is 4.90 Å². The molecular weight excluding hydrogens is 164 g/mol. The second kappa shape index (κ2) is 3.34. The Morgan fingerprint density at radius 2 is 2.38 bits per heavy atom. The summed E-state index contributed by atoms with van der Waals surface area (Å²) in [6.07, 6.45) is 4.37. The van der Waals surface area contributed by atoms with E-state index in [-0.39, 0.29) is 5.56 Å². The number of H-pyrrole nitrogens is 1. The van der Waals surface area contributed by atoms with Gasteiger partial charge in [-0.05, 0) is 6.07 Å². The van der Waals surface area contributed by atoms with Gasteiger partial charge in [0.05, 0.1) is 13.6 Å². The van der Waals surface area contributed by atoms with Crippen LogP contribution in [0.2, 0.25) is 0 Å². The summed E-state index contributed by atoms with van der Waals surface area (Å²) >= 11 is 0. The molecule has 2 rings (SSSR count). The fourth-order valence-corrected chi connectivity index (χ4v) is 2.10. The Morgan fingerprint density at radius 1 is 1.54 bits per heavy atom. The highest BCUT2D eigenvalue weighted by molar-refractivity contribution is 5.12. The molecule has 1 unspecified atom stereocenters. The van der Waals surface area contributed by atoms with Gasteiger partial charge in [-0.15, -0.1) is 0 Å². The van der Waals surface area contributed by atoms with Gasteiger partial charge in [0, 0.05) is 30.7 Å². The van der Waals surface area contributed by atoms with Gasteiger partial charge in [-0.1, -0.05) is 0 Å². The van der Waals surface area contributed by atoms with Gasteiger partial charge in [-0.3, -0.25) is 4.79 Å². The van der Waals surface area contributed by atoms with Crippen molar-refractivity contribution in [1.29, 1.82) is 0 Å². The molecule has 2 heterocycles. The van der Waals surface area contributed by atoms with Crippen LogP contribution in [0.25, 0.3) is 0 Å². The fraction of sp³-hybridized carbons (Fsp3) is 0.500. The third-order valence-electron chi connectivity index (χ3n) is 2.87. The molecule has 3 heteroatoms. The number of likely N-dealkylation sites (tertiary alicyclic amines) is 1. The van der Waals surface area contributed by atoms with E-state index in [4.69, 9.17) is 0 Å². The van der Waals surface area contributed by atoms with Crippen molar-refractivity contribution >= 4 is 0 Å². The minimum Gasteiger partial charge on any atom is -0.331 e. The van der Waals surface area contributed by atoms with Crippen LogP contribution in [-0.4, -0.2) is 18.6 Å². The summed E-state index contributed by atoms with van der Waals surface area (Å²) in [6, 6.07) is 4.14. The van der Waals surface area contributed by atoms with Crippen molar-refractivity contribution in [3.8, 4) is 0 Å². The fourth-order valence-electron chi connectivity index (χ4n) is 2.10. The molecule has 3 nitrogen and oxygen atoms in total. The standard InChI is InChI=1S/C10H14N2O/c1-12-6-2-3-9(12)8-4-5-10(13)11-7-8/h4-5,7,9H,2-3,6H2,1H3,(H,11,13)/p+1/t9-/m0/s1. The zero-order valence-electron chi connectivity index (χ0n) is 7.84. The van der Waals surface area contributed by atoms with Gasteiger partial charge in [-0.2, -0.15) is 0 Å². The molecule has 0 aliphatic carbocycles. The van der Waals surface area contributed by atoms with Crippen LogP contribution in [0.4, 0.5) is 0 Å². The van der Waals surface area contributed by atoms with Gasteiger partial charge in [0.1, 0.15) is 6.04 Å². The minimum absolute atomic E-state index is 0.0144. The molecule has 70 valence electrons. The second-order valence-corrected chi connectivity index (χ2v) is 3.78. The summed E-state index contributed by atoms with van der Waals surface area (Å²) in [6.45, 7) is 1.24. The highest BCUT2D eigenvalue weighted by atomic mass is 16.1. The predicted octanol–water partition coefficient (Wildman–Crippen LogP) is -0.275. The van der Waals surface area contributed by atoms with Gasteiger partial charge in [0.25, 0.3) is 0 Å². The minimum atomic E-state index is -0.0144. The summed E-state index contributed by atoms with van der Waals surface area (Å²) in [5.41, 5.74) is 1.24. The normalized spacial score (nSPS) is 27.8. The molecule has 0 spiro atoms. The van der Waals surface area contributed by atoms with Crippen LogP contribution in [0, 0.1) is 0 Å². The monoisotopic (exact) mass is 179 g/mol. The Balaban J connectivity index is 2.25. The largest absolute Gasteiger partial charge is 0.331 e. The molecule has 0 aromatic carbocycles. The maximum Gasteiger partial charge on any atom is 0.247 e. The quantitative estimate of drug-likeness (QED) is 0.611. The number of rotatable bonds is 1. The molecule has 1 aromatic rings. The van der Waals surface area contributed by atoms with Gasteiger partial charge >= 0.3 is 0 Å². The molecular formula is C10H15N2O+. The third-order valence-corrected chi connectivity index (χ3v) is 2.87. The van der Waals surface area contributed by atoms with Crippen LogP contribution < -0.4 is 10.5 Å². The van der Waals surface area contributed by atoms with Gasteiger partial charge in [0.15, 0.2) is 0 Å². The number of pyridine rings is 1. The average Bonchev–Trinajstić information content (AvgIpc) is 2.53. The Bertz CT molecular complexity index is 325. The van der Waals surface area contributed by atoms with E-state index >= 15 is 0 Å². The number of nitrogens with one attached hydrogen (secondary N) is 2. The molecule has 0 radical (unpaired) electrons. The first-order valence-corrected chi connectivity index (χ1v) is 4.78.